The lowest BCUT2D eigenvalue weighted by molar-refractivity contribution is 0.473. The van der Waals surface area contributed by atoms with Crippen molar-refractivity contribution in [3.05, 3.63) is 65.7 Å². The van der Waals surface area contributed by atoms with Gasteiger partial charge in [-0.1, -0.05) is 42.5 Å². The van der Waals surface area contributed by atoms with Gasteiger partial charge >= 0.3 is 0 Å². The molecule has 1 heterocycles. The van der Waals surface area contributed by atoms with Crippen LogP contribution in [0.5, 0.6) is 5.75 Å². The summed E-state index contributed by atoms with van der Waals surface area (Å²) in [6.45, 7) is 0. The number of thioether (sulfide) groups is 1. The summed E-state index contributed by atoms with van der Waals surface area (Å²) in [5, 5.41) is 13.2. The van der Waals surface area contributed by atoms with Crippen LogP contribution in [0.1, 0.15) is 23.6 Å². The zero-order valence-corrected chi connectivity index (χ0v) is 12.1. The van der Waals surface area contributed by atoms with Crippen molar-refractivity contribution in [2.45, 2.75) is 18.5 Å². The van der Waals surface area contributed by atoms with E-state index in [0.29, 0.717) is 11.8 Å². The Hall–Kier alpha value is -1.45. The summed E-state index contributed by atoms with van der Waals surface area (Å²) in [5.74, 6) is 2.74. The topological polar surface area (TPSA) is 32.3 Å². The van der Waals surface area contributed by atoms with Crippen LogP contribution in [0.4, 0.5) is 0 Å². The molecule has 0 bridgehead atoms. The molecule has 3 heteroatoms. The molecule has 2 nitrogen and oxygen atoms in total. The van der Waals surface area contributed by atoms with Crippen LogP contribution in [0.2, 0.25) is 0 Å². The highest BCUT2D eigenvalue weighted by Gasteiger charge is 2.21. The number of phenols is 1. The van der Waals surface area contributed by atoms with Crippen molar-refractivity contribution >= 4 is 11.8 Å². The molecule has 2 atom stereocenters. The molecule has 20 heavy (non-hydrogen) atoms. The maximum absolute atomic E-state index is 9.47. The van der Waals surface area contributed by atoms with E-state index in [9.17, 15) is 5.11 Å². The van der Waals surface area contributed by atoms with E-state index in [1.54, 1.807) is 12.1 Å². The largest absolute Gasteiger partial charge is 0.508 e. The maximum Gasteiger partial charge on any atom is 0.115 e. The van der Waals surface area contributed by atoms with E-state index in [0.717, 1.165) is 0 Å². The molecule has 3 rings (SSSR count). The van der Waals surface area contributed by atoms with E-state index < -0.39 is 0 Å². The Morgan fingerprint density at radius 1 is 1.00 bits per heavy atom. The van der Waals surface area contributed by atoms with Gasteiger partial charge in [0.25, 0.3) is 0 Å². The third-order valence-corrected chi connectivity index (χ3v) is 4.85. The predicted molar refractivity (Wildman–Crippen MR) is 85.3 cm³/mol. The first-order valence-electron chi connectivity index (χ1n) is 7.00. The van der Waals surface area contributed by atoms with Crippen LogP contribution < -0.4 is 5.32 Å². The van der Waals surface area contributed by atoms with Gasteiger partial charge in [0.05, 0.1) is 6.04 Å². The minimum Gasteiger partial charge on any atom is -0.508 e. The van der Waals surface area contributed by atoms with E-state index >= 15 is 0 Å². The Bertz CT molecular complexity index is 535. The molecule has 1 aliphatic rings. The van der Waals surface area contributed by atoms with Crippen LogP contribution in [-0.4, -0.2) is 22.7 Å². The minimum atomic E-state index is 0.195. The number of nitrogens with one attached hydrogen (secondary N) is 1. The number of aromatic hydroxyl groups is 1. The summed E-state index contributed by atoms with van der Waals surface area (Å²) >= 11 is 2.01. The summed E-state index contributed by atoms with van der Waals surface area (Å²) in [5.41, 5.74) is 2.47. The first-order valence-corrected chi connectivity index (χ1v) is 8.16. The molecule has 0 aliphatic carbocycles. The van der Waals surface area contributed by atoms with Crippen LogP contribution in [0.3, 0.4) is 0 Å². The number of rotatable bonds is 4. The second kappa shape index (κ2) is 6.33. The molecule has 2 aromatic carbocycles. The van der Waals surface area contributed by atoms with Gasteiger partial charge in [0, 0.05) is 11.8 Å². The predicted octanol–water partition coefficient (Wildman–Crippen LogP) is 3.58. The first kappa shape index (κ1) is 13.5. The quantitative estimate of drug-likeness (QED) is 0.900. The maximum atomic E-state index is 9.47. The molecule has 2 aromatic rings. The summed E-state index contributed by atoms with van der Waals surface area (Å²) in [6.07, 6.45) is 1.23. The van der Waals surface area contributed by atoms with E-state index in [1.165, 1.54) is 29.1 Å². The Balaban J connectivity index is 1.88. The van der Waals surface area contributed by atoms with Crippen molar-refractivity contribution < 1.29 is 5.11 Å². The van der Waals surface area contributed by atoms with E-state index in [4.69, 9.17) is 0 Å². The molecular formula is C17H19NOS. The fraction of sp³-hybridized carbons (Fsp3) is 0.294. The van der Waals surface area contributed by atoms with E-state index in [-0.39, 0.29) is 6.04 Å². The summed E-state index contributed by atoms with van der Waals surface area (Å²) in [6, 6.07) is 18.8. The highest BCUT2D eigenvalue weighted by molar-refractivity contribution is 7.99. The van der Waals surface area contributed by atoms with Crippen LogP contribution in [-0.2, 0) is 0 Å². The molecule has 1 aliphatic heterocycles. The van der Waals surface area contributed by atoms with Gasteiger partial charge in [-0.25, -0.2) is 0 Å². The van der Waals surface area contributed by atoms with Gasteiger partial charge in [0.1, 0.15) is 5.75 Å². The van der Waals surface area contributed by atoms with Crippen molar-refractivity contribution in [2.75, 3.05) is 11.5 Å². The molecular weight excluding hydrogens is 266 g/mol. The third-order valence-electron chi connectivity index (χ3n) is 3.69. The molecule has 0 amide bonds. The number of phenolic OH excluding ortho intramolecular Hbond substituents is 1. The molecule has 1 fully saturated rings. The van der Waals surface area contributed by atoms with Crippen LogP contribution in [0.15, 0.2) is 54.6 Å². The molecule has 2 N–H and O–H groups in total. The monoisotopic (exact) mass is 285 g/mol. The number of hydrogen-bond acceptors (Lipinski definition) is 3. The van der Waals surface area contributed by atoms with Gasteiger partial charge < -0.3 is 10.4 Å². The molecule has 0 saturated carbocycles. The van der Waals surface area contributed by atoms with Gasteiger partial charge in [-0.3, -0.25) is 0 Å². The zero-order chi connectivity index (χ0) is 13.8. The van der Waals surface area contributed by atoms with Gasteiger partial charge in [0.2, 0.25) is 0 Å². The number of hydrogen-bond donors (Lipinski definition) is 2. The van der Waals surface area contributed by atoms with Crippen molar-refractivity contribution in [3.8, 4) is 5.75 Å². The number of benzene rings is 2. The smallest absolute Gasteiger partial charge is 0.115 e. The Kier molecular flexibility index (Phi) is 4.28. The Morgan fingerprint density at radius 2 is 1.70 bits per heavy atom. The molecule has 0 spiro atoms. The minimum absolute atomic E-state index is 0.195. The van der Waals surface area contributed by atoms with Crippen LogP contribution in [0, 0.1) is 0 Å². The SMILES string of the molecule is Oc1ccc(C(NC2CCSC2)c2ccccc2)cc1. The standard InChI is InChI=1S/C17H19NOS/c19-16-8-6-14(7-9-16)17(13-4-2-1-3-5-13)18-15-10-11-20-12-15/h1-9,15,17-19H,10-12H2. The average Bonchev–Trinajstić information content (AvgIpc) is 3.00. The normalized spacial score (nSPS) is 19.9. The van der Waals surface area contributed by atoms with Crippen molar-refractivity contribution in [3.63, 3.8) is 0 Å². The van der Waals surface area contributed by atoms with Crippen molar-refractivity contribution in [1.82, 2.24) is 5.32 Å². The van der Waals surface area contributed by atoms with Crippen molar-refractivity contribution in [1.29, 1.82) is 0 Å². The third kappa shape index (κ3) is 3.17. The Morgan fingerprint density at radius 3 is 2.35 bits per heavy atom. The molecule has 104 valence electrons. The average molecular weight is 285 g/mol. The molecule has 0 radical (unpaired) electrons. The molecule has 1 saturated heterocycles. The van der Waals surface area contributed by atoms with Crippen molar-refractivity contribution in [2.24, 2.45) is 0 Å². The first-order chi connectivity index (χ1) is 9.83. The fourth-order valence-electron chi connectivity index (χ4n) is 2.60. The summed E-state index contributed by atoms with van der Waals surface area (Å²) in [4.78, 5) is 0. The van der Waals surface area contributed by atoms with Gasteiger partial charge in [-0.05, 0) is 35.4 Å². The van der Waals surface area contributed by atoms with E-state index in [1.807, 2.05) is 30.0 Å². The summed E-state index contributed by atoms with van der Waals surface area (Å²) in [7, 11) is 0. The molecule has 2 unspecified atom stereocenters. The highest BCUT2D eigenvalue weighted by Crippen LogP contribution is 2.27. The highest BCUT2D eigenvalue weighted by atomic mass is 32.2. The second-order valence-corrected chi connectivity index (χ2v) is 6.31. The van der Waals surface area contributed by atoms with Gasteiger partial charge in [-0.15, -0.1) is 0 Å². The summed E-state index contributed by atoms with van der Waals surface area (Å²) < 4.78 is 0. The lowest BCUT2D eigenvalue weighted by Gasteiger charge is -2.23. The second-order valence-electron chi connectivity index (χ2n) is 5.16. The van der Waals surface area contributed by atoms with E-state index in [2.05, 4.69) is 29.6 Å². The Labute approximate surface area is 124 Å². The lowest BCUT2D eigenvalue weighted by atomic mass is 9.97. The zero-order valence-electron chi connectivity index (χ0n) is 11.3. The lowest BCUT2D eigenvalue weighted by Crippen LogP contribution is -2.33. The van der Waals surface area contributed by atoms with Crippen LogP contribution >= 0.6 is 11.8 Å². The van der Waals surface area contributed by atoms with Gasteiger partial charge in [0.15, 0.2) is 0 Å². The van der Waals surface area contributed by atoms with Gasteiger partial charge in [-0.2, -0.15) is 11.8 Å². The van der Waals surface area contributed by atoms with Crippen LogP contribution in [0.25, 0.3) is 0 Å². The fourth-order valence-corrected chi connectivity index (χ4v) is 3.76. The molecule has 0 aromatic heterocycles.